The largest absolute Gasteiger partial charge is 0.481 e. The number of nitrogens with one attached hydrogen (secondary N) is 3. The number of esters is 3. The van der Waals surface area contributed by atoms with E-state index in [0.29, 0.717) is 64.6 Å². The lowest BCUT2D eigenvalue weighted by Gasteiger charge is -2.63. The summed E-state index contributed by atoms with van der Waals surface area (Å²) >= 11 is 1.16. The van der Waals surface area contributed by atoms with E-state index < -0.39 is 17.9 Å². The van der Waals surface area contributed by atoms with Gasteiger partial charge in [-0.25, -0.2) is 0 Å². The number of carboxylic acids is 1. The zero-order chi connectivity index (χ0) is 82.5. The van der Waals surface area contributed by atoms with Crippen LogP contribution in [0.25, 0.3) is 0 Å². The average Bonchev–Trinajstić information content (AvgIpc) is 1.44. The molecule has 8 fully saturated rings. The van der Waals surface area contributed by atoms with Crippen LogP contribution in [0, 0.1) is 123 Å². The Morgan fingerprint density at radius 3 is 1.43 bits per heavy atom. The number of carbonyl (C=O) groups is 7. The number of cyclic esters (lactones) is 2. The van der Waals surface area contributed by atoms with Gasteiger partial charge in [-0.1, -0.05) is 184 Å². The van der Waals surface area contributed by atoms with E-state index in [1.165, 1.54) is 7.11 Å². The van der Waals surface area contributed by atoms with E-state index in [1.54, 1.807) is 6.26 Å². The number of carboxylic acid groups (broad SMARTS) is 1. The molecule has 9 rings (SSSR count). The summed E-state index contributed by atoms with van der Waals surface area (Å²) in [6.07, 6.45) is 19.5. The van der Waals surface area contributed by atoms with E-state index in [4.69, 9.17) is 26.6 Å². The number of carbonyl (C=O) groups excluding carboxylic acids is 6. The number of rotatable bonds is 12. The highest BCUT2D eigenvalue weighted by Crippen LogP contribution is 2.69. The van der Waals surface area contributed by atoms with Gasteiger partial charge in [0.1, 0.15) is 5.40 Å². The number of fused-ring (bicyclic) bond motifs is 5. The summed E-state index contributed by atoms with van der Waals surface area (Å²) in [6, 6.07) is 10.5. The van der Waals surface area contributed by atoms with Crippen LogP contribution in [0.2, 0.25) is 0 Å². The highest BCUT2D eigenvalue weighted by molar-refractivity contribution is 8.03. The number of ether oxygens (including phenoxy) is 2. The number of thioether (sulfide) groups is 1. The Kier molecular flexibility index (Phi) is 34.1. The second-order valence-electron chi connectivity index (χ2n) is 41.6. The lowest BCUT2D eigenvalue weighted by molar-refractivity contribution is -0.202. The van der Waals surface area contributed by atoms with Gasteiger partial charge in [0, 0.05) is 42.6 Å². The number of nitrogens with zero attached hydrogens (tertiary/aromatic N) is 1. The van der Waals surface area contributed by atoms with Crippen molar-refractivity contribution >= 4 is 53.4 Å². The molecule has 8 aliphatic rings. The molecule has 10 N–H and O–H groups in total. The van der Waals surface area contributed by atoms with Crippen LogP contribution in [0.15, 0.2) is 30.3 Å². The topological polar surface area (TPSA) is 311 Å². The third kappa shape index (κ3) is 24.2. The smallest absolute Gasteiger partial charge is 0.314 e. The zero-order valence-electron chi connectivity index (χ0n) is 72.3. The number of nitriles is 1. The summed E-state index contributed by atoms with van der Waals surface area (Å²) in [5.74, 6) is 1.98. The molecular weight excluding hydrogens is 1380 g/mol. The molecule has 7 saturated carbocycles. The predicted molar refractivity (Wildman–Crippen MR) is 436 cm³/mol. The van der Waals surface area contributed by atoms with Crippen molar-refractivity contribution in [2.75, 3.05) is 19.9 Å². The summed E-state index contributed by atoms with van der Waals surface area (Å²) in [4.78, 5) is 78.3. The van der Waals surface area contributed by atoms with Crippen molar-refractivity contribution in [2.24, 2.45) is 124 Å². The monoisotopic (exact) mass is 1530 g/mol. The summed E-state index contributed by atoms with van der Waals surface area (Å²) in [6.45, 7) is 56.3. The molecule has 108 heavy (non-hydrogen) atoms. The van der Waals surface area contributed by atoms with Crippen molar-refractivity contribution in [2.45, 2.75) is 344 Å². The van der Waals surface area contributed by atoms with Crippen LogP contribution in [0.3, 0.4) is 0 Å². The number of aliphatic hydroxyl groups is 2. The van der Waals surface area contributed by atoms with Crippen LogP contribution in [-0.2, 0) is 38.2 Å². The van der Waals surface area contributed by atoms with Crippen molar-refractivity contribution in [3.8, 4) is 5.40 Å². The van der Waals surface area contributed by atoms with Gasteiger partial charge in [-0.15, -0.1) is 0 Å². The van der Waals surface area contributed by atoms with Gasteiger partial charge in [0.2, 0.25) is 11.8 Å². The van der Waals surface area contributed by atoms with E-state index >= 15 is 0 Å². The van der Waals surface area contributed by atoms with Gasteiger partial charge in [0.15, 0.2) is 0 Å². The van der Waals surface area contributed by atoms with Gasteiger partial charge in [0.25, 0.3) is 5.91 Å². The second kappa shape index (κ2) is 38.5. The van der Waals surface area contributed by atoms with Crippen molar-refractivity contribution in [1.29, 1.82) is 5.26 Å². The third-order valence-corrected chi connectivity index (χ3v) is 29.7. The summed E-state index contributed by atoms with van der Waals surface area (Å²) < 4.78 is 8.92. The molecule has 18 nitrogen and oxygen atoms in total. The molecule has 1 heterocycles. The fourth-order valence-electron chi connectivity index (χ4n) is 21.9. The van der Waals surface area contributed by atoms with Crippen molar-refractivity contribution in [3.63, 3.8) is 0 Å². The van der Waals surface area contributed by atoms with Crippen LogP contribution in [0.1, 0.15) is 318 Å². The van der Waals surface area contributed by atoms with Crippen LogP contribution in [0.5, 0.6) is 0 Å². The molecule has 1 aromatic rings. The lowest BCUT2D eigenvalue weighted by atomic mass is 9.43. The molecule has 0 bridgehead atoms. The van der Waals surface area contributed by atoms with Gasteiger partial charge >= 0.3 is 23.9 Å². The number of hydrogen-bond donors (Lipinski definition) is 8. The SMILES string of the molecule is CC(C)(C)[C@@H]1C[C@@H](NC(=O)CCC(=O)O)CC[C@]1(C)C(C)(C)C.CC(C)(C)[C@@H]1C[C@@H](NC(=O)CN)CC[C@]1(C)C(C)(C)C.CC(C)(C)[C@@H]1C[C@@H](NC(=O)c2ccccc2)CC[C@]1(C)C(C)(C)C.COC(=O)CCC(C)C1CCC2C3C(C[C@H](O)[C@]12C)[C@@]1(C)CC[C@H](N)C[C@H]1C[C@H]3O.CSC#N.O=C1CCC(=O)O1. The van der Waals surface area contributed by atoms with Crippen molar-refractivity contribution in [1.82, 2.24) is 16.0 Å². The number of thiocyanates is 1. The Morgan fingerprint density at radius 2 is 1.05 bits per heavy atom. The first-order chi connectivity index (χ1) is 49.5. The van der Waals surface area contributed by atoms with Gasteiger partial charge in [0.05, 0.1) is 45.1 Å². The van der Waals surface area contributed by atoms with Gasteiger partial charge < -0.3 is 52.2 Å². The van der Waals surface area contributed by atoms with Gasteiger partial charge in [-0.2, -0.15) is 5.26 Å². The highest BCUT2D eigenvalue weighted by Gasteiger charge is 2.66. The summed E-state index contributed by atoms with van der Waals surface area (Å²) in [5.41, 5.74) is 14.7. The van der Waals surface area contributed by atoms with Gasteiger partial charge in [-0.3, -0.25) is 33.6 Å². The maximum absolute atomic E-state index is 12.5. The van der Waals surface area contributed by atoms with E-state index in [-0.39, 0.29) is 147 Å². The molecule has 1 aromatic carbocycles. The normalized spacial score (nSPS) is 34.2. The molecule has 3 amide bonds. The van der Waals surface area contributed by atoms with Crippen LogP contribution in [0.4, 0.5) is 0 Å². The molecule has 7 aliphatic carbocycles. The first kappa shape index (κ1) is 95.8. The second-order valence-corrected chi connectivity index (χ2v) is 42.2. The first-order valence-electron chi connectivity index (χ1n) is 41.2. The minimum Gasteiger partial charge on any atom is -0.481 e. The number of aliphatic carboxylic acids is 1. The van der Waals surface area contributed by atoms with E-state index in [2.05, 4.69) is 187 Å². The average molecular weight is 1530 g/mol. The molecule has 19 heteroatoms. The van der Waals surface area contributed by atoms with E-state index in [1.807, 2.05) is 35.7 Å². The zero-order valence-corrected chi connectivity index (χ0v) is 73.2. The fraction of sp³-hybridized carbons (Fsp3) is 0.843. The minimum atomic E-state index is -0.920. The number of hydrogen-bond acceptors (Lipinski definition) is 15. The summed E-state index contributed by atoms with van der Waals surface area (Å²) in [5, 5.41) is 50.5. The van der Waals surface area contributed by atoms with Crippen molar-refractivity contribution in [3.05, 3.63) is 35.9 Å². The predicted octanol–water partition coefficient (Wildman–Crippen LogP) is 17.4. The minimum absolute atomic E-state index is 0.0259. The Hall–Kier alpha value is -4.61. The van der Waals surface area contributed by atoms with Gasteiger partial charge in [-0.05, 0) is 252 Å². The van der Waals surface area contributed by atoms with Crippen LogP contribution >= 0.6 is 11.8 Å². The third-order valence-electron chi connectivity index (χ3n) is 29.5. The molecule has 0 aromatic heterocycles. The first-order valence-corrected chi connectivity index (χ1v) is 42.4. The van der Waals surface area contributed by atoms with Crippen molar-refractivity contribution < 1.29 is 58.4 Å². The molecular formula is C89H154N6O12S. The van der Waals surface area contributed by atoms with Crippen LogP contribution < -0.4 is 27.4 Å². The Morgan fingerprint density at radius 1 is 0.611 bits per heavy atom. The Bertz CT molecular complexity index is 3140. The number of aliphatic hydroxyl groups excluding tert-OH is 2. The molecule has 0 spiro atoms. The molecule has 0 radical (unpaired) electrons. The van der Waals surface area contributed by atoms with E-state index in [9.17, 15) is 43.8 Å². The number of methoxy groups -OCH3 is 1. The molecule has 1 saturated heterocycles. The molecule has 20 atom stereocenters. The van der Waals surface area contributed by atoms with E-state index in [0.717, 1.165) is 126 Å². The summed E-state index contributed by atoms with van der Waals surface area (Å²) in [7, 11) is 1.45. The fourth-order valence-corrected chi connectivity index (χ4v) is 21.9. The highest BCUT2D eigenvalue weighted by atomic mass is 32.2. The maximum Gasteiger partial charge on any atom is 0.314 e. The number of benzene rings is 1. The lowest BCUT2D eigenvalue weighted by Crippen LogP contribution is -2.62. The van der Waals surface area contributed by atoms with Crippen LogP contribution in [-0.4, -0.2) is 113 Å². The molecule has 1 aliphatic heterocycles. The standard InChI is InChI=1S/C25H43NO4.C22H35NO.C19H35NO3.C17H34N2O.C4H4O3.C2H3NS/c1-14(5-8-22(29)30-4)17-6-7-18-23-19(13-21(28)25(17,18)3)24(2)10-9-16(26)11-15(24)12-20(23)27;1-20(2,3)18-15-17(13-14-22(18,7)21(4,5)6)23-19(24)16-11-9-8-10-12-16;1-17(2,3)14-12-13(20-15(21)8-9-16(22)23)10-11-19(14,7)18(4,5)6;1-15(2,3)13-10-12(19-14(20)11-18)8-9-17(13,7)16(4,5)6;5-3-1-2-4(6)7-3;1-4-2-3/h14-21,23,27-28H,5-13,26H2,1-4H3;8-12,17-18H,13-15H2,1-7H3,(H,23,24);13-14H,8-12H2,1-7H3,(H,20,21)(H,22,23);12-13H,8-11,18H2,1-7H3,(H,19,20);1-2H2;1H3/t14?,15-,16-,17?,18?,19?,20+,21-,23?,24-,25+;17-,18-,22-;13-,14-,19-;12-,13-,17-;;/m0000../s1. The molecule has 618 valence electrons. The quantitative estimate of drug-likeness (QED) is 0.0548. The number of nitrogens with two attached hydrogens (primary N) is 2. The molecule has 5 unspecified atom stereocenters. The maximum atomic E-state index is 12.5. The Labute approximate surface area is 658 Å². The number of amides is 3. The Balaban J connectivity index is 0.000000292.